The zero-order valence-electron chi connectivity index (χ0n) is 14.5. The van der Waals surface area contributed by atoms with Crippen LogP contribution in [0.4, 0.5) is 0 Å². The standard InChI is InChI=1S/C19H19N5O/c1-12(2)24-17-9-8-15(10-16(17)21-23-24)19-20-18(22-25-19)11-14-7-5-4-6-13(14)3/h4-10,12H,11H2,1-3H3. The molecule has 0 amide bonds. The lowest BCUT2D eigenvalue weighted by Crippen LogP contribution is -2.02. The van der Waals surface area contributed by atoms with Crippen LogP contribution in [0.15, 0.2) is 47.0 Å². The van der Waals surface area contributed by atoms with Gasteiger partial charge >= 0.3 is 0 Å². The van der Waals surface area contributed by atoms with E-state index in [2.05, 4.69) is 53.4 Å². The van der Waals surface area contributed by atoms with Gasteiger partial charge in [0.15, 0.2) is 5.82 Å². The van der Waals surface area contributed by atoms with Crippen LogP contribution in [0, 0.1) is 6.92 Å². The van der Waals surface area contributed by atoms with Gasteiger partial charge in [-0.3, -0.25) is 0 Å². The highest BCUT2D eigenvalue weighted by atomic mass is 16.5. The molecule has 2 heterocycles. The Labute approximate surface area is 145 Å². The van der Waals surface area contributed by atoms with Gasteiger partial charge in [0.2, 0.25) is 0 Å². The van der Waals surface area contributed by atoms with Crippen molar-refractivity contribution in [3.05, 3.63) is 59.4 Å². The van der Waals surface area contributed by atoms with E-state index >= 15 is 0 Å². The van der Waals surface area contributed by atoms with Crippen LogP contribution in [-0.2, 0) is 6.42 Å². The van der Waals surface area contributed by atoms with E-state index in [1.54, 1.807) is 0 Å². The lowest BCUT2D eigenvalue weighted by Gasteiger charge is -2.04. The Balaban J connectivity index is 1.63. The molecule has 0 aliphatic carbocycles. The normalized spacial score (nSPS) is 11.5. The minimum atomic E-state index is 0.264. The first-order valence-electron chi connectivity index (χ1n) is 8.34. The Bertz CT molecular complexity index is 1030. The number of hydrogen-bond donors (Lipinski definition) is 0. The summed E-state index contributed by atoms with van der Waals surface area (Å²) < 4.78 is 7.35. The molecule has 126 valence electrons. The van der Waals surface area contributed by atoms with Crippen molar-refractivity contribution in [2.24, 2.45) is 0 Å². The highest BCUT2D eigenvalue weighted by Gasteiger charge is 2.13. The minimum absolute atomic E-state index is 0.264. The van der Waals surface area contributed by atoms with Crippen LogP contribution >= 0.6 is 0 Å². The van der Waals surface area contributed by atoms with Gasteiger partial charge in [0, 0.05) is 18.0 Å². The zero-order valence-corrected chi connectivity index (χ0v) is 14.5. The first-order chi connectivity index (χ1) is 12.1. The summed E-state index contributed by atoms with van der Waals surface area (Å²) >= 11 is 0. The molecule has 6 nitrogen and oxygen atoms in total. The number of benzene rings is 2. The Morgan fingerprint density at radius 1 is 1.12 bits per heavy atom. The van der Waals surface area contributed by atoms with E-state index in [9.17, 15) is 0 Å². The lowest BCUT2D eigenvalue weighted by atomic mass is 10.1. The molecule has 25 heavy (non-hydrogen) atoms. The summed E-state index contributed by atoms with van der Waals surface area (Å²) in [5.74, 6) is 1.18. The molecule has 0 radical (unpaired) electrons. The molecule has 0 atom stereocenters. The fourth-order valence-corrected chi connectivity index (χ4v) is 2.88. The number of hydrogen-bond acceptors (Lipinski definition) is 5. The van der Waals surface area contributed by atoms with Crippen molar-refractivity contribution in [2.45, 2.75) is 33.2 Å². The Morgan fingerprint density at radius 3 is 2.76 bits per heavy atom. The highest BCUT2D eigenvalue weighted by Crippen LogP contribution is 2.24. The molecule has 6 heteroatoms. The second kappa shape index (κ2) is 6.12. The van der Waals surface area contributed by atoms with E-state index in [-0.39, 0.29) is 6.04 Å². The topological polar surface area (TPSA) is 69.6 Å². The van der Waals surface area contributed by atoms with Crippen LogP contribution in [0.1, 0.15) is 36.8 Å². The maximum Gasteiger partial charge on any atom is 0.258 e. The van der Waals surface area contributed by atoms with Gasteiger partial charge in [-0.1, -0.05) is 34.6 Å². The van der Waals surface area contributed by atoms with Gasteiger partial charge in [-0.15, -0.1) is 5.10 Å². The Kier molecular flexibility index (Phi) is 3.80. The number of fused-ring (bicyclic) bond motifs is 1. The molecule has 0 saturated heterocycles. The van der Waals surface area contributed by atoms with Crippen molar-refractivity contribution in [2.75, 3.05) is 0 Å². The predicted octanol–water partition coefficient (Wildman–Crippen LogP) is 3.96. The molecule has 0 aliphatic heterocycles. The summed E-state index contributed by atoms with van der Waals surface area (Å²) in [5, 5.41) is 12.6. The first-order valence-corrected chi connectivity index (χ1v) is 8.34. The first kappa shape index (κ1) is 15.5. The molecule has 0 saturated carbocycles. The number of nitrogens with zero attached hydrogens (tertiary/aromatic N) is 5. The van der Waals surface area contributed by atoms with Crippen molar-refractivity contribution < 1.29 is 4.52 Å². The number of aromatic nitrogens is 5. The second-order valence-electron chi connectivity index (χ2n) is 6.45. The van der Waals surface area contributed by atoms with E-state index in [1.807, 2.05) is 35.0 Å². The van der Waals surface area contributed by atoms with E-state index < -0.39 is 0 Å². The molecule has 2 aromatic carbocycles. The average Bonchev–Trinajstić information content (AvgIpc) is 3.23. The van der Waals surface area contributed by atoms with Crippen molar-refractivity contribution >= 4 is 11.0 Å². The van der Waals surface area contributed by atoms with E-state index in [4.69, 9.17) is 4.52 Å². The molecule has 0 aliphatic rings. The molecule has 0 unspecified atom stereocenters. The molecular weight excluding hydrogens is 314 g/mol. The molecule has 0 bridgehead atoms. The molecule has 4 aromatic rings. The Hall–Kier alpha value is -3.02. The molecule has 4 rings (SSSR count). The van der Waals surface area contributed by atoms with Crippen LogP contribution in [0.25, 0.3) is 22.5 Å². The van der Waals surface area contributed by atoms with Gasteiger partial charge in [0.05, 0.1) is 5.52 Å². The maximum absolute atomic E-state index is 5.45. The van der Waals surface area contributed by atoms with Crippen LogP contribution in [-0.4, -0.2) is 25.1 Å². The van der Waals surface area contributed by atoms with Crippen LogP contribution in [0.3, 0.4) is 0 Å². The Morgan fingerprint density at radius 2 is 1.96 bits per heavy atom. The third-order valence-corrected chi connectivity index (χ3v) is 4.29. The summed E-state index contributed by atoms with van der Waals surface area (Å²) in [5.41, 5.74) is 5.10. The molecule has 0 spiro atoms. The third kappa shape index (κ3) is 2.91. The van der Waals surface area contributed by atoms with Gasteiger partial charge in [-0.2, -0.15) is 4.98 Å². The molecule has 2 aromatic heterocycles. The predicted molar refractivity (Wildman–Crippen MR) is 95.2 cm³/mol. The summed E-state index contributed by atoms with van der Waals surface area (Å²) in [6, 6.07) is 14.4. The number of aryl methyl sites for hydroxylation is 1. The van der Waals surface area contributed by atoms with E-state index in [0.717, 1.165) is 16.6 Å². The van der Waals surface area contributed by atoms with Gasteiger partial charge in [-0.25, -0.2) is 4.68 Å². The quantitative estimate of drug-likeness (QED) is 0.565. The maximum atomic E-state index is 5.45. The molecule has 0 N–H and O–H groups in total. The fourth-order valence-electron chi connectivity index (χ4n) is 2.88. The summed E-state index contributed by atoms with van der Waals surface area (Å²) in [6.45, 7) is 6.25. The van der Waals surface area contributed by atoms with Crippen molar-refractivity contribution in [3.8, 4) is 11.5 Å². The smallest absolute Gasteiger partial charge is 0.258 e. The van der Waals surface area contributed by atoms with Gasteiger partial charge in [0.25, 0.3) is 5.89 Å². The lowest BCUT2D eigenvalue weighted by molar-refractivity contribution is 0.424. The molecular formula is C19H19N5O. The fraction of sp³-hybridized carbons (Fsp3) is 0.263. The monoisotopic (exact) mass is 333 g/mol. The van der Waals surface area contributed by atoms with Crippen molar-refractivity contribution in [1.29, 1.82) is 0 Å². The van der Waals surface area contributed by atoms with E-state index in [0.29, 0.717) is 18.1 Å². The van der Waals surface area contributed by atoms with Crippen molar-refractivity contribution in [1.82, 2.24) is 25.1 Å². The van der Waals surface area contributed by atoms with Gasteiger partial charge < -0.3 is 4.52 Å². The SMILES string of the molecule is Cc1ccccc1Cc1noc(-c2ccc3c(c2)nnn3C(C)C)n1. The van der Waals surface area contributed by atoms with Crippen LogP contribution < -0.4 is 0 Å². The van der Waals surface area contributed by atoms with Crippen LogP contribution in [0.2, 0.25) is 0 Å². The average molecular weight is 333 g/mol. The zero-order chi connectivity index (χ0) is 17.4. The summed E-state index contributed by atoms with van der Waals surface area (Å²) in [4.78, 5) is 4.53. The third-order valence-electron chi connectivity index (χ3n) is 4.29. The minimum Gasteiger partial charge on any atom is -0.334 e. The van der Waals surface area contributed by atoms with Crippen molar-refractivity contribution in [3.63, 3.8) is 0 Å². The van der Waals surface area contributed by atoms with Gasteiger partial charge in [0.1, 0.15) is 5.52 Å². The summed E-state index contributed by atoms with van der Waals surface area (Å²) in [6.07, 6.45) is 0.655. The highest BCUT2D eigenvalue weighted by molar-refractivity contribution is 5.79. The summed E-state index contributed by atoms with van der Waals surface area (Å²) in [7, 11) is 0. The van der Waals surface area contributed by atoms with Gasteiger partial charge in [-0.05, 0) is 50.1 Å². The molecule has 0 fully saturated rings. The second-order valence-corrected chi connectivity index (χ2v) is 6.45. The number of rotatable bonds is 4. The van der Waals surface area contributed by atoms with E-state index in [1.165, 1.54) is 11.1 Å². The van der Waals surface area contributed by atoms with Crippen LogP contribution in [0.5, 0.6) is 0 Å². The largest absolute Gasteiger partial charge is 0.334 e.